The Morgan fingerprint density at radius 2 is 1.70 bits per heavy atom. The third kappa shape index (κ3) is 1.92. The van der Waals surface area contributed by atoms with Crippen LogP contribution >= 0.6 is 11.3 Å². The van der Waals surface area contributed by atoms with Crippen LogP contribution in [-0.4, -0.2) is 9.38 Å². The van der Waals surface area contributed by atoms with Crippen LogP contribution in [0.4, 0.5) is 0 Å². The molecule has 0 saturated heterocycles. The Labute approximate surface area is 136 Å². The maximum absolute atomic E-state index is 6.03. The number of nitrogens with zero attached hydrogens (tertiary/aromatic N) is 2. The Morgan fingerprint density at radius 1 is 0.870 bits per heavy atom. The lowest BCUT2D eigenvalue weighted by atomic mass is 10.2. The topological polar surface area (TPSA) is 26.5 Å². The highest BCUT2D eigenvalue weighted by atomic mass is 32.1. The number of benzene rings is 2. The molecule has 0 unspecified atom stereocenters. The molecule has 3 nitrogen and oxygen atoms in total. The third-order valence-corrected chi connectivity index (χ3v) is 4.97. The second-order valence-corrected chi connectivity index (χ2v) is 6.38. The maximum Gasteiger partial charge on any atom is 0.245 e. The molecule has 0 aliphatic rings. The van der Waals surface area contributed by atoms with Gasteiger partial charge < -0.3 is 9.14 Å². The monoisotopic (exact) mass is 316 g/mol. The number of hydrogen-bond donors (Lipinski definition) is 0. The Kier molecular flexibility index (Phi) is 2.66. The molecule has 0 spiro atoms. The molecule has 2 aromatic carbocycles. The minimum atomic E-state index is 0.639. The van der Waals surface area contributed by atoms with Gasteiger partial charge in [-0.05, 0) is 30.3 Å². The molecular weight excluding hydrogens is 304 g/mol. The van der Waals surface area contributed by atoms with Crippen LogP contribution in [0.2, 0.25) is 0 Å². The van der Waals surface area contributed by atoms with Gasteiger partial charge >= 0.3 is 0 Å². The summed E-state index contributed by atoms with van der Waals surface area (Å²) in [5.74, 6) is 1.43. The molecule has 23 heavy (non-hydrogen) atoms. The van der Waals surface area contributed by atoms with Crippen molar-refractivity contribution in [1.82, 2.24) is 9.38 Å². The first-order chi connectivity index (χ1) is 11.4. The van der Waals surface area contributed by atoms with Crippen molar-refractivity contribution >= 4 is 37.3 Å². The van der Waals surface area contributed by atoms with Gasteiger partial charge in [0.25, 0.3) is 0 Å². The molecule has 3 aromatic heterocycles. The van der Waals surface area contributed by atoms with Crippen LogP contribution in [0.1, 0.15) is 0 Å². The van der Waals surface area contributed by atoms with E-state index in [4.69, 9.17) is 9.72 Å². The number of fused-ring (bicyclic) bond motifs is 5. The van der Waals surface area contributed by atoms with Gasteiger partial charge in [-0.2, -0.15) is 4.98 Å². The van der Waals surface area contributed by atoms with Crippen molar-refractivity contribution in [3.05, 3.63) is 72.9 Å². The number of hydrogen-bond acceptors (Lipinski definition) is 3. The van der Waals surface area contributed by atoms with Gasteiger partial charge in [0.2, 0.25) is 5.88 Å². The highest BCUT2D eigenvalue weighted by molar-refractivity contribution is 7.25. The highest BCUT2D eigenvalue weighted by Gasteiger charge is 2.14. The van der Waals surface area contributed by atoms with Crippen LogP contribution in [-0.2, 0) is 0 Å². The molecule has 5 rings (SSSR count). The lowest BCUT2D eigenvalue weighted by Crippen LogP contribution is -1.93. The fourth-order valence-electron chi connectivity index (χ4n) is 2.90. The van der Waals surface area contributed by atoms with E-state index in [2.05, 4.69) is 34.9 Å². The van der Waals surface area contributed by atoms with Gasteiger partial charge in [0.1, 0.15) is 16.1 Å². The zero-order chi connectivity index (χ0) is 15.2. The maximum atomic E-state index is 6.03. The fraction of sp³-hybridized carbons (Fsp3) is 0. The largest absolute Gasteiger partial charge is 0.437 e. The van der Waals surface area contributed by atoms with E-state index >= 15 is 0 Å². The molecule has 0 fully saturated rings. The lowest BCUT2D eigenvalue weighted by molar-refractivity contribution is 0.469. The zero-order valence-electron chi connectivity index (χ0n) is 12.1. The molecule has 3 heterocycles. The molecule has 0 atom stereocenters. The molecule has 4 heteroatoms. The summed E-state index contributed by atoms with van der Waals surface area (Å²) in [4.78, 5) is 5.77. The molecule has 5 aromatic rings. The summed E-state index contributed by atoms with van der Waals surface area (Å²) in [7, 11) is 0. The summed E-state index contributed by atoms with van der Waals surface area (Å²) < 4.78 is 9.43. The number of rotatable bonds is 2. The van der Waals surface area contributed by atoms with Gasteiger partial charge in [-0.25, -0.2) is 0 Å². The Morgan fingerprint density at radius 3 is 2.61 bits per heavy atom. The molecule has 0 saturated carbocycles. The van der Waals surface area contributed by atoms with Crippen LogP contribution in [0.15, 0.2) is 72.9 Å². The number of aromatic nitrogens is 2. The lowest BCUT2D eigenvalue weighted by Gasteiger charge is -2.08. The van der Waals surface area contributed by atoms with Crippen molar-refractivity contribution in [2.45, 2.75) is 0 Å². The first-order valence-electron chi connectivity index (χ1n) is 7.41. The fourth-order valence-corrected chi connectivity index (χ4v) is 3.97. The van der Waals surface area contributed by atoms with Crippen molar-refractivity contribution in [2.75, 3.05) is 0 Å². The van der Waals surface area contributed by atoms with Crippen molar-refractivity contribution in [3.63, 3.8) is 0 Å². The summed E-state index contributed by atoms with van der Waals surface area (Å²) in [6.07, 6.45) is 2.07. The summed E-state index contributed by atoms with van der Waals surface area (Å²) >= 11 is 1.69. The van der Waals surface area contributed by atoms with Crippen LogP contribution in [0.25, 0.3) is 25.9 Å². The first kappa shape index (κ1) is 12.7. The predicted molar refractivity (Wildman–Crippen MR) is 94.6 cm³/mol. The van der Waals surface area contributed by atoms with Crippen molar-refractivity contribution in [1.29, 1.82) is 0 Å². The smallest absolute Gasteiger partial charge is 0.245 e. The second kappa shape index (κ2) is 4.83. The van der Waals surface area contributed by atoms with Gasteiger partial charge in [-0.1, -0.05) is 36.4 Å². The molecule has 0 bridgehead atoms. The van der Waals surface area contributed by atoms with Crippen molar-refractivity contribution in [3.8, 4) is 11.6 Å². The molecule has 0 radical (unpaired) electrons. The quantitative estimate of drug-likeness (QED) is 0.430. The van der Waals surface area contributed by atoms with E-state index < -0.39 is 0 Å². The SMILES string of the molecule is c1ccc(Oc2nc3sc4ccccc4c3n3cccc23)cc1. The van der Waals surface area contributed by atoms with E-state index in [0.29, 0.717) is 5.88 Å². The van der Waals surface area contributed by atoms with Crippen molar-refractivity contribution in [2.24, 2.45) is 0 Å². The average molecular weight is 316 g/mol. The Bertz CT molecular complexity index is 1140. The molecule has 0 aliphatic heterocycles. The van der Waals surface area contributed by atoms with E-state index in [0.717, 1.165) is 21.6 Å². The van der Waals surface area contributed by atoms with E-state index in [1.165, 1.54) is 10.1 Å². The van der Waals surface area contributed by atoms with Crippen LogP contribution < -0.4 is 4.74 Å². The van der Waals surface area contributed by atoms with E-state index in [-0.39, 0.29) is 0 Å². The molecule has 110 valence electrons. The normalized spacial score (nSPS) is 11.5. The summed E-state index contributed by atoms with van der Waals surface area (Å²) in [6, 6.07) is 22.3. The summed E-state index contributed by atoms with van der Waals surface area (Å²) in [6.45, 7) is 0. The van der Waals surface area contributed by atoms with Gasteiger partial charge in [0.15, 0.2) is 0 Å². The summed E-state index contributed by atoms with van der Waals surface area (Å²) in [5.41, 5.74) is 2.12. The minimum absolute atomic E-state index is 0.639. The zero-order valence-corrected chi connectivity index (χ0v) is 13.0. The highest BCUT2D eigenvalue weighted by Crippen LogP contribution is 2.36. The van der Waals surface area contributed by atoms with Crippen LogP contribution in [0, 0.1) is 0 Å². The van der Waals surface area contributed by atoms with Gasteiger partial charge in [-0.3, -0.25) is 0 Å². The summed E-state index contributed by atoms with van der Waals surface area (Å²) in [5, 5.41) is 1.23. The molecule has 0 aliphatic carbocycles. The first-order valence-corrected chi connectivity index (χ1v) is 8.23. The molecule has 0 amide bonds. The third-order valence-electron chi connectivity index (χ3n) is 3.92. The standard InChI is InChI=1S/C19H12N2OS/c1-2-7-13(8-3-1)22-18-15-10-6-12-21(15)17-14-9-4-5-11-16(14)23-19(17)20-18/h1-12H. The van der Waals surface area contributed by atoms with Crippen molar-refractivity contribution < 1.29 is 4.74 Å². The minimum Gasteiger partial charge on any atom is -0.437 e. The second-order valence-electron chi connectivity index (χ2n) is 5.35. The van der Waals surface area contributed by atoms with Crippen LogP contribution in [0.3, 0.4) is 0 Å². The predicted octanol–water partition coefficient (Wildman–Crippen LogP) is 5.49. The van der Waals surface area contributed by atoms with Gasteiger partial charge in [0, 0.05) is 16.3 Å². The van der Waals surface area contributed by atoms with Gasteiger partial charge in [0.05, 0.1) is 5.52 Å². The van der Waals surface area contributed by atoms with E-state index in [1.807, 2.05) is 42.5 Å². The Hall–Kier alpha value is -2.85. The Balaban J connectivity index is 1.82. The van der Waals surface area contributed by atoms with Gasteiger partial charge in [-0.15, -0.1) is 11.3 Å². The van der Waals surface area contributed by atoms with Crippen LogP contribution in [0.5, 0.6) is 11.6 Å². The van der Waals surface area contributed by atoms with E-state index in [1.54, 1.807) is 11.3 Å². The average Bonchev–Trinajstić information content (AvgIpc) is 3.19. The number of thiophene rings is 1. The molecule has 0 N–H and O–H groups in total. The molecular formula is C19H12N2OS. The number of para-hydroxylation sites is 1. The number of ether oxygens (including phenoxy) is 1. The van der Waals surface area contributed by atoms with E-state index in [9.17, 15) is 0 Å².